The zero-order valence-corrected chi connectivity index (χ0v) is 20.4. The van der Waals surface area contributed by atoms with Crippen molar-refractivity contribution in [3.63, 3.8) is 0 Å². The van der Waals surface area contributed by atoms with Crippen molar-refractivity contribution in [3.8, 4) is 34.1 Å². The van der Waals surface area contributed by atoms with Crippen LogP contribution in [0.15, 0.2) is 52.9 Å². The number of aromatic nitrogens is 1. The molecule has 1 fully saturated rings. The first-order valence-electron chi connectivity index (χ1n) is 11.6. The van der Waals surface area contributed by atoms with Gasteiger partial charge in [0.15, 0.2) is 5.76 Å². The molecule has 1 aliphatic rings. The molecule has 1 aliphatic heterocycles. The topological polar surface area (TPSA) is 126 Å². The second-order valence-corrected chi connectivity index (χ2v) is 8.53. The van der Waals surface area contributed by atoms with Crippen molar-refractivity contribution in [3.05, 3.63) is 54.4 Å². The third-order valence-electron chi connectivity index (χ3n) is 6.57. The Morgan fingerprint density at radius 1 is 1.00 bits per heavy atom. The highest BCUT2D eigenvalue weighted by molar-refractivity contribution is 5.83. The van der Waals surface area contributed by atoms with Crippen molar-refractivity contribution in [1.29, 1.82) is 0 Å². The Hall–Kier alpha value is -4.05. The van der Waals surface area contributed by atoms with Crippen molar-refractivity contribution >= 4 is 12.0 Å². The van der Waals surface area contributed by atoms with Gasteiger partial charge in [-0.3, -0.25) is 10.0 Å². The van der Waals surface area contributed by atoms with E-state index in [4.69, 9.17) is 18.9 Å². The number of urea groups is 1. The van der Waals surface area contributed by atoms with Crippen LogP contribution in [0.3, 0.4) is 0 Å². The number of hydroxylamine groups is 2. The second kappa shape index (κ2) is 10.3. The van der Waals surface area contributed by atoms with E-state index >= 15 is 0 Å². The third kappa shape index (κ3) is 4.59. The number of aliphatic carboxylic acids is 1. The van der Waals surface area contributed by atoms with Gasteiger partial charge in [-0.1, -0.05) is 0 Å². The molecule has 3 aromatic rings. The largest absolute Gasteiger partial charge is 0.497 e. The number of carboxylic acids is 1. The number of nitrogens with zero attached hydrogens (tertiary/aromatic N) is 3. The molecule has 0 bridgehead atoms. The summed E-state index contributed by atoms with van der Waals surface area (Å²) in [6.45, 7) is 2.06. The Morgan fingerprint density at radius 3 is 2.00 bits per heavy atom. The molecule has 0 radical (unpaired) electrons. The Morgan fingerprint density at radius 2 is 1.53 bits per heavy atom. The van der Waals surface area contributed by atoms with Gasteiger partial charge in [-0.25, -0.2) is 14.8 Å². The molecule has 190 valence electrons. The monoisotopic (exact) mass is 495 g/mol. The summed E-state index contributed by atoms with van der Waals surface area (Å²) in [6, 6.07) is 13.9. The summed E-state index contributed by atoms with van der Waals surface area (Å²) in [4.78, 5) is 31.1. The first kappa shape index (κ1) is 25.1. The van der Waals surface area contributed by atoms with E-state index in [0.29, 0.717) is 33.6 Å². The number of ether oxygens (including phenoxy) is 2. The van der Waals surface area contributed by atoms with Crippen molar-refractivity contribution in [2.24, 2.45) is 0 Å². The highest BCUT2D eigenvalue weighted by atomic mass is 16.5. The van der Waals surface area contributed by atoms with Crippen LogP contribution in [0.1, 0.15) is 25.7 Å². The van der Waals surface area contributed by atoms with Crippen LogP contribution < -0.4 is 9.47 Å². The number of oxazole rings is 1. The molecular formula is C26H29N3O7. The number of carbonyl (C=O) groups excluding carboxylic acids is 1. The Kier molecular flexibility index (Phi) is 7.16. The lowest BCUT2D eigenvalue weighted by Gasteiger charge is -2.37. The van der Waals surface area contributed by atoms with Gasteiger partial charge in [0.1, 0.15) is 22.6 Å². The molecule has 4 rings (SSSR count). The Balaban J connectivity index is 1.76. The Labute approximate surface area is 208 Å². The summed E-state index contributed by atoms with van der Waals surface area (Å²) in [6.07, 6.45) is 0.187. The van der Waals surface area contributed by atoms with Crippen LogP contribution in [0.5, 0.6) is 11.5 Å². The predicted molar refractivity (Wildman–Crippen MR) is 130 cm³/mol. The molecule has 1 aromatic heterocycles. The fraction of sp³-hybridized carbons (Fsp3) is 0.346. The van der Waals surface area contributed by atoms with E-state index in [1.807, 2.05) is 24.3 Å². The number of piperidine rings is 1. The number of amides is 2. The van der Waals surface area contributed by atoms with Gasteiger partial charge in [0.25, 0.3) is 0 Å². The number of methoxy groups -OCH3 is 2. The molecule has 36 heavy (non-hydrogen) atoms. The zero-order chi connectivity index (χ0) is 25.9. The maximum atomic E-state index is 12.6. The van der Waals surface area contributed by atoms with Crippen LogP contribution in [-0.4, -0.2) is 71.1 Å². The minimum absolute atomic E-state index is 0.0788. The van der Waals surface area contributed by atoms with E-state index in [2.05, 4.69) is 0 Å². The number of benzene rings is 2. The van der Waals surface area contributed by atoms with E-state index in [1.54, 1.807) is 45.4 Å². The quantitative estimate of drug-likeness (QED) is 0.368. The standard InChI is InChI=1S/C26H29N3O7/c1-4-29(33)25(32)28-15-13-26(14-16-28,24(30)31)23-27-21(17-5-9-19(34-2)10-6-17)22(36-23)18-7-11-20(35-3)12-8-18/h5-12,33H,4,13-16H2,1-3H3,(H,30,31). The molecule has 2 amide bonds. The number of carbonyl (C=O) groups is 2. The van der Waals surface area contributed by atoms with Crippen molar-refractivity contribution in [2.45, 2.75) is 25.2 Å². The summed E-state index contributed by atoms with van der Waals surface area (Å²) < 4.78 is 16.7. The van der Waals surface area contributed by atoms with Crippen LogP contribution in [0, 0.1) is 0 Å². The fourth-order valence-electron chi connectivity index (χ4n) is 4.30. The van der Waals surface area contributed by atoms with E-state index in [9.17, 15) is 19.9 Å². The van der Waals surface area contributed by atoms with Crippen LogP contribution in [0.4, 0.5) is 4.79 Å². The van der Waals surface area contributed by atoms with Gasteiger partial charge in [-0.15, -0.1) is 0 Å². The van der Waals surface area contributed by atoms with E-state index in [-0.39, 0.29) is 38.4 Å². The number of carboxylic acid groups (broad SMARTS) is 1. The highest BCUT2D eigenvalue weighted by Gasteiger charge is 2.49. The minimum atomic E-state index is -1.42. The lowest BCUT2D eigenvalue weighted by atomic mass is 9.78. The summed E-state index contributed by atoms with van der Waals surface area (Å²) in [5, 5.41) is 20.7. The molecule has 2 heterocycles. The van der Waals surface area contributed by atoms with E-state index in [0.717, 1.165) is 5.56 Å². The molecule has 1 saturated heterocycles. The molecule has 0 unspecified atom stereocenters. The lowest BCUT2D eigenvalue weighted by molar-refractivity contribution is -0.147. The fourth-order valence-corrected chi connectivity index (χ4v) is 4.30. The summed E-state index contributed by atoms with van der Waals surface area (Å²) in [5.41, 5.74) is 0.537. The first-order chi connectivity index (χ1) is 17.3. The lowest BCUT2D eigenvalue weighted by Crippen LogP contribution is -2.52. The smallest absolute Gasteiger partial charge is 0.343 e. The van der Waals surface area contributed by atoms with Crippen LogP contribution in [0.2, 0.25) is 0 Å². The average Bonchev–Trinajstić information content (AvgIpc) is 3.38. The van der Waals surface area contributed by atoms with Crippen LogP contribution in [0.25, 0.3) is 22.6 Å². The van der Waals surface area contributed by atoms with Gasteiger partial charge in [0.2, 0.25) is 5.89 Å². The number of likely N-dealkylation sites (tertiary alicyclic amines) is 1. The third-order valence-corrected chi connectivity index (χ3v) is 6.57. The van der Waals surface area contributed by atoms with E-state index < -0.39 is 17.4 Å². The van der Waals surface area contributed by atoms with Gasteiger partial charge in [-0.2, -0.15) is 0 Å². The molecule has 2 aromatic carbocycles. The molecule has 2 N–H and O–H groups in total. The van der Waals surface area contributed by atoms with Gasteiger partial charge >= 0.3 is 12.0 Å². The predicted octanol–water partition coefficient (Wildman–Crippen LogP) is 4.28. The highest BCUT2D eigenvalue weighted by Crippen LogP contribution is 2.42. The van der Waals surface area contributed by atoms with Gasteiger partial charge in [-0.05, 0) is 68.3 Å². The average molecular weight is 496 g/mol. The number of rotatable bonds is 7. The minimum Gasteiger partial charge on any atom is -0.497 e. The summed E-state index contributed by atoms with van der Waals surface area (Å²) >= 11 is 0. The first-order valence-corrected chi connectivity index (χ1v) is 11.6. The number of hydrogen-bond donors (Lipinski definition) is 2. The molecule has 0 spiro atoms. The summed E-state index contributed by atoms with van der Waals surface area (Å²) in [5.74, 6) is 0.792. The van der Waals surface area contributed by atoms with Crippen molar-refractivity contribution in [1.82, 2.24) is 14.9 Å². The molecule has 0 atom stereocenters. The molecule has 0 aliphatic carbocycles. The maximum absolute atomic E-state index is 12.6. The maximum Gasteiger partial charge on any atom is 0.343 e. The van der Waals surface area contributed by atoms with Gasteiger partial charge < -0.3 is 23.9 Å². The molecule has 10 heteroatoms. The van der Waals surface area contributed by atoms with Crippen molar-refractivity contribution in [2.75, 3.05) is 33.9 Å². The Bertz CT molecular complexity index is 1150. The van der Waals surface area contributed by atoms with Crippen LogP contribution >= 0.6 is 0 Å². The number of hydrogen-bond acceptors (Lipinski definition) is 7. The van der Waals surface area contributed by atoms with Gasteiger partial charge in [0.05, 0.1) is 14.2 Å². The molecule has 0 saturated carbocycles. The molecular weight excluding hydrogens is 466 g/mol. The second-order valence-electron chi connectivity index (χ2n) is 8.53. The van der Waals surface area contributed by atoms with Crippen molar-refractivity contribution < 1.29 is 33.8 Å². The zero-order valence-electron chi connectivity index (χ0n) is 20.4. The summed E-state index contributed by atoms with van der Waals surface area (Å²) in [7, 11) is 3.16. The van der Waals surface area contributed by atoms with E-state index in [1.165, 1.54) is 4.90 Å². The van der Waals surface area contributed by atoms with Gasteiger partial charge in [0, 0.05) is 30.8 Å². The normalized spacial score (nSPS) is 14.8. The van der Waals surface area contributed by atoms with Crippen LogP contribution in [-0.2, 0) is 10.2 Å². The SMILES string of the molecule is CCN(O)C(=O)N1CCC(C(=O)O)(c2nc(-c3ccc(OC)cc3)c(-c3ccc(OC)cc3)o2)CC1. The molecule has 10 nitrogen and oxygen atoms in total.